The van der Waals surface area contributed by atoms with Gasteiger partial charge < -0.3 is 0 Å². The van der Waals surface area contributed by atoms with Crippen LogP contribution >= 0.6 is 0 Å². The SMILES string of the molecule is N#CC(C#N)=C1CCN(Cc2ccccc2)CC1. The number of hydrogen-bond acceptors (Lipinski definition) is 3. The van der Waals surface area contributed by atoms with Crippen LogP contribution in [0, 0.1) is 22.7 Å². The average molecular weight is 237 g/mol. The van der Waals surface area contributed by atoms with Gasteiger partial charge in [0.05, 0.1) is 0 Å². The van der Waals surface area contributed by atoms with Gasteiger partial charge in [0.1, 0.15) is 17.7 Å². The number of likely N-dealkylation sites (tertiary alicyclic amines) is 1. The molecule has 0 unspecified atom stereocenters. The second-order valence-electron chi connectivity index (χ2n) is 4.46. The zero-order chi connectivity index (χ0) is 12.8. The third-order valence-electron chi connectivity index (χ3n) is 3.29. The van der Waals surface area contributed by atoms with Crippen LogP contribution in [-0.2, 0) is 6.54 Å². The Labute approximate surface area is 108 Å². The van der Waals surface area contributed by atoms with E-state index in [4.69, 9.17) is 10.5 Å². The summed E-state index contributed by atoms with van der Waals surface area (Å²) in [4.78, 5) is 2.37. The number of rotatable bonds is 2. The van der Waals surface area contributed by atoms with Crippen molar-refractivity contribution < 1.29 is 0 Å². The summed E-state index contributed by atoms with van der Waals surface area (Å²) in [6.45, 7) is 2.80. The standard InChI is InChI=1S/C15H15N3/c16-10-15(11-17)14-6-8-18(9-7-14)12-13-4-2-1-3-5-13/h1-5H,6-9,12H2. The molecule has 1 saturated heterocycles. The van der Waals surface area contributed by atoms with Crippen LogP contribution < -0.4 is 0 Å². The Morgan fingerprint density at radius 2 is 1.67 bits per heavy atom. The Kier molecular flexibility index (Phi) is 4.12. The third-order valence-corrected chi connectivity index (χ3v) is 3.29. The molecule has 0 bridgehead atoms. The van der Waals surface area contributed by atoms with Crippen LogP contribution in [0.1, 0.15) is 18.4 Å². The number of hydrogen-bond donors (Lipinski definition) is 0. The van der Waals surface area contributed by atoms with Crippen molar-refractivity contribution in [2.45, 2.75) is 19.4 Å². The van der Waals surface area contributed by atoms with Gasteiger partial charge in [0.2, 0.25) is 0 Å². The number of nitriles is 2. The van der Waals surface area contributed by atoms with Crippen molar-refractivity contribution in [3.05, 3.63) is 47.0 Å². The molecule has 1 aliphatic heterocycles. The van der Waals surface area contributed by atoms with Gasteiger partial charge in [0.15, 0.2) is 0 Å². The lowest BCUT2D eigenvalue weighted by Crippen LogP contribution is -2.30. The molecule has 1 aliphatic rings. The zero-order valence-corrected chi connectivity index (χ0v) is 10.3. The summed E-state index contributed by atoms with van der Waals surface area (Å²) in [6.07, 6.45) is 1.67. The molecule has 0 aliphatic carbocycles. The van der Waals surface area contributed by atoms with Gasteiger partial charge in [-0.2, -0.15) is 10.5 Å². The van der Waals surface area contributed by atoms with Crippen molar-refractivity contribution in [2.24, 2.45) is 0 Å². The van der Waals surface area contributed by atoms with Gasteiger partial charge >= 0.3 is 0 Å². The number of benzene rings is 1. The molecule has 0 spiro atoms. The summed E-state index contributed by atoms with van der Waals surface area (Å²) in [5.41, 5.74) is 2.64. The van der Waals surface area contributed by atoms with Gasteiger partial charge in [-0.1, -0.05) is 30.3 Å². The molecular weight excluding hydrogens is 222 g/mol. The van der Waals surface area contributed by atoms with Crippen molar-refractivity contribution >= 4 is 0 Å². The van der Waals surface area contributed by atoms with E-state index in [2.05, 4.69) is 17.0 Å². The lowest BCUT2D eigenvalue weighted by atomic mass is 9.99. The zero-order valence-electron chi connectivity index (χ0n) is 10.3. The fraction of sp³-hybridized carbons (Fsp3) is 0.333. The van der Waals surface area contributed by atoms with Gasteiger partial charge in [0.25, 0.3) is 0 Å². The second kappa shape index (κ2) is 6.00. The van der Waals surface area contributed by atoms with E-state index in [1.54, 1.807) is 0 Å². The molecule has 0 radical (unpaired) electrons. The van der Waals surface area contributed by atoms with E-state index in [1.165, 1.54) is 5.56 Å². The second-order valence-corrected chi connectivity index (χ2v) is 4.46. The van der Waals surface area contributed by atoms with Gasteiger partial charge in [-0.15, -0.1) is 0 Å². The largest absolute Gasteiger partial charge is 0.298 e. The molecule has 1 aromatic carbocycles. The lowest BCUT2D eigenvalue weighted by Gasteiger charge is -2.28. The minimum atomic E-state index is 0.314. The minimum Gasteiger partial charge on any atom is -0.298 e. The Bertz CT molecular complexity index is 491. The van der Waals surface area contributed by atoms with Crippen molar-refractivity contribution in [2.75, 3.05) is 13.1 Å². The van der Waals surface area contributed by atoms with Crippen LogP contribution in [0.3, 0.4) is 0 Å². The Morgan fingerprint density at radius 1 is 1.06 bits per heavy atom. The molecule has 1 fully saturated rings. The van der Waals surface area contributed by atoms with E-state index >= 15 is 0 Å². The van der Waals surface area contributed by atoms with Crippen molar-refractivity contribution in [1.29, 1.82) is 10.5 Å². The summed E-state index contributed by atoms with van der Waals surface area (Å²) in [5, 5.41) is 17.7. The first-order valence-electron chi connectivity index (χ1n) is 6.12. The van der Waals surface area contributed by atoms with Crippen LogP contribution in [0.2, 0.25) is 0 Å². The van der Waals surface area contributed by atoms with E-state index in [1.807, 2.05) is 30.3 Å². The molecule has 1 aromatic rings. The molecule has 1 heterocycles. The predicted molar refractivity (Wildman–Crippen MR) is 69.2 cm³/mol. The molecule has 2 rings (SSSR count). The highest BCUT2D eigenvalue weighted by atomic mass is 15.1. The van der Waals surface area contributed by atoms with E-state index in [0.29, 0.717) is 5.57 Å². The smallest absolute Gasteiger partial charge is 0.128 e. The Balaban J connectivity index is 1.94. The molecule has 0 N–H and O–H groups in total. The molecule has 0 saturated carbocycles. The molecule has 0 atom stereocenters. The van der Waals surface area contributed by atoms with Crippen molar-refractivity contribution in [3.8, 4) is 12.1 Å². The summed E-state index contributed by atoms with van der Waals surface area (Å²) in [6, 6.07) is 14.3. The molecule has 18 heavy (non-hydrogen) atoms. The monoisotopic (exact) mass is 237 g/mol. The van der Waals surface area contributed by atoms with E-state index in [0.717, 1.165) is 38.0 Å². The topological polar surface area (TPSA) is 50.8 Å². The Hall–Kier alpha value is -2.10. The molecule has 0 amide bonds. The summed E-state index contributed by atoms with van der Waals surface area (Å²) in [7, 11) is 0. The van der Waals surface area contributed by atoms with Gasteiger partial charge in [0, 0.05) is 19.6 Å². The van der Waals surface area contributed by atoms with Crippen molar-refractivity contribution in [3.63, 3.8) is 0 Å². The van der Waals surface area contributed by atoms with E-state index < -0.39 is 0 Å². The maximum Gasteiger partial charge on any atom is 0.128 e. The third kappa shape index (κ3) is 2.97. The normalized spacial score (nSPS) is 15.8. The minimum absolute atomic E-state index is 0.314. The number of piperidine rings is 1. The number of allylic oxidation sites excluding steroid dienone is 1. The van der Waals surface area contributed by atoms with E-state index in [-0.39, 0.29) is 0 Å². The summed E-state index contributed by atoms with van der Waals surface area (Å²) >= 11 is 0. The predicted octanol–water partition coefficient (Wildman–Crippen LogP) is 2.63. The van der Waals surface area contributed by atoms with Gasteiger partial charge in [-0.3, -0.25) is 4.90 Å². The Morgan fingerprint density at radius 3 is 2.22 bits per heavy atom. The fourth-order valence-corrected chi connectivity index (χ4v) is 2.26. The highest BCUT2D eigenvalue weighted by molar-refractivity contribution is 5.40. The number of nitrogens with zero attached hydrogens (tertiary/aromatic N) is 3. The van der Waals surface area contributed by atoms with Gasteiger partial charge in [-0.05, 0) is 24.0 Å². The van der Waals surface area contributed by atoms with Crippen molar-refractivity contribution in [1.82, 2.24) is 4.90 Å². The first kappa shape index (κ1) is 12.4. The first-order chi connectivity index (χ1) is 8.83. The highest BCUT2D eigenvalue weighted by Gasteiger charge is 2.16. The van der Waals surface area contributed by atoms with Crippen LogP contribution in [0.25, 0.3) is 0 Å². The lowest BCUT2D eigenvalue weighted by molar-refractivity contribution is 0.248. The quantitative estimate of drug-likeness (QED) is 0.743. The highest BCUT2D eigenvalue weighted by Crippen LogP contribution is 2.20. The molecule has 90 valence electrons. The van der Waals surface area contributed by atoms with Crippen LogP contribution in [0.15, 0.2) is 41.5 Å². The van der Waals surface area contributed by atoms with Crippen LogP contribution in [0.5, 0.6) is 0 Å². The summed E-state index contributed by atoms with van der Waals surface area (Å²) < 4.78 is 0. The molecule has 0 aromatic heterocycles. The maximum absolute atomic E-state index is 8.84. The maximum atomic E-state index is 8.84. The van der Waals surface area contributed by atoms with Crippen LogP contribution in [-0.4, -0.2) is 18.0 Å². The molecular formula is C15H15N3. The summed E-state index contributed by atoms with van der Waals surface area (Å²) in [5.74, 6) is 0. The van der Waals surface area contributed by atoms with E-state index in [9.17, 15) is 0 Å². The van der Waals surface area contributed by atoms with Gasteiger partial charge in [-0.25, -0.2) is 0 Å². The molecule has 3 heteroatoms. The average Bonchev–Trinajstić information content (AvgIpc) is 2.43. The fourth-order valence-electron chi connectivity index (χ4n) is 2.26. The first-order valence-corrected chi connectivity index (χ1v) is 6.12. The molecule has 3 nitrogen and oxygen atoms in total. The van der Waals surface area contributed by atoms with Crippen LogP contribution in [0.4, 0.5) is 0 Å².